The smallest absolute Gasteiger partial charge is 0.308 e. The van der Waals surface area contributed by atoms with Gasteiger partial charge >= 0.3 is 5.97 Å². The summed E-state index contributed by atoms with van der Waals surface area (Å²) in [5.41, 5.74) is 7.87. The first kappa shape index (κ1) is 26.4. The number of hydrogen-bond donors (Lipinski definition) is 2. The zero-order chi connectivity index (χ0) is 25.7. The molecule has 3 N–H and O–H groups in total. The quantitative estimate of drug-likeness (QED) is 0.449. The van der Waals surface area contributed by atoms with E-state index in [9.17, 15) is 19.5 Å². The first-order valence-electron chi connectivity index (χ1n) is 13.4. The Hall–Kier alpha value is -2.65. The average molecular weight is 501 g/mol. The van der Waals surface area contributed by atoms with Crippen molar-refractivity contribution in [1.82, 2.24) is 14.7 Å². The molecule has 2 fully saturated rings. The van der Waals surface area contributed by atoms with Gasteiger partial charge in [0.25, 0.3) is 0 Å². The zero-order valence-corrected chi connectivity index (χ0v) is 21.4. The number of carbonyl (C=O) groups excluding carboxylic acids is 2. The van der Waals surface area contributed by atoms with Crippen molar-refractivity contribution in [2.45, 2.75) is 57.4 Å². The Morgan fingerprint density at radius 3 is 2.78 bits per heavy atom. The average Bonchev–Trinajstić information content (AvgIpc) is 3.58. The fourth-order valence-electron chi connectivity index (χ4n) is 6.00. The van der Waals surface area contributed by atoms with E-state index in [1.54, 1.807) is 4.90 Å². The Labute approximate surface area is 213 Å². The molecule has 0 bridgehead atoms. The molecule has 0 saturated carbocycles. The van der Waals surface area contributed by atoms with Gasteiger partial charge in [0.05, 0.1) is 19.1 Å². The van der Waals surface area contributed by atoms with Crippen molar-refractivity contribution in [2.24, 2.45) is 11.7 Å². The third-order valence-corrected chi connectivity index (χ3v) is 7.91. The number of unbranched alkanes of at least 4 members (excludes halogenated alkanes) is 1. The second kappa shape index (κ2) is 12.1. The maximum absolute atomic E-state index is 13.3. The highest BCUT2D eigenvalue weighted by molar-refractivity contribution is 5.79. The van der Waals surface area contributed by atoms with Crippen LogP contribution in [0, 0.1) is 5.92 Å². The van der Waals surface area contributed by atoms with Crippen molar-refractivity contribution in [2.75, 3.05) is 52.4 Å². The molecular weight excluding hydrogens is 460 g/mol. The van der Waals surface area contributed by atoms with Crippen LogP contribution < -0.4 is 10.5 Å². The van der Waals surface area contributed by atoms with Gasteiger partial charge in [-0.3, -0.25) is 19.3 Å². The number of ether oxygens (including phenoxy) is 1. The lowest BCUT2D eigenvalue weighted by molar-refractivity contribution is -0.144. The van der Waals surface area contributed by atoms with Gasteiger partial charge in [0.15, 0.2) is 0 Å². The zero-order valence-electron chi connectivity index (χ0n) is 21.4. The van der Waals surface area contributed by atoms with Gasteiger partial charge < -0.3 is 25.4 Å². The predicted octanol–water partition coefficient (Wildman–Crippen LogP) is 1.69. The van der Waals surface area contributed by atoms with Gasteiger partial charge in [-0.05, 0) is 36.5 Å². The minimum atomic E-state index is -0.853. The summed E-state index contributed by atoms with van der Waals surface area (Å²) < 4.78 is 5.65. The van der Waals surface area contributed by atoms with Crippen LogP contribution in [0.15, 0.2) is 18.2 Å². The molecule has 1 aromatic rings. The standard InChI is InChI=1S/C27H40N4O5/c1-2-3-11-30(14-10-28)25(33)18-31-17-21(19-6-7-23-20(16-19)9-15-36-23)26(27(34)35)22(31)8-13-29-12-4-5-24(29)32/h6-7,16,21-22,26H,2-5,8-15,17-18,28H2,1H3,(H,34,35). The summed E-state index contributed by atoms with van der Waals surface area (Å²) in [7, 11) is 0. The number of carbonyl (C=O) groups is 3. The normalized spacial score (nSPS) is 23.7. The van der Waals surface area contributed by atoms with Crippen LogP contribution in [0.2, 0.25) is 0 Å². The van der Waals surface area contributed by atoms with Gasteiger partial charge in [0, 0.05) is 64.1 Å². The van der Waals surface area contributed by atoms with E-state index in [1.807, 2.05) is 21.9 Å². The molecule has 36 heavy (non-hydrogen) atoms. The molecule has 1 aromatic carbocycles. The Morgan fingerprint density at radius 2 is 2.08 bits per heavy atom. The number of fused-ring (bicyclic) bond motifs is 1. The van der Waals surface area contributed by atoms with E-state index in [0.717, 1.165) is 49.1 Å². The summed E-state index contributed by atoms with van der Waals surface area (Å²) in [5, 5.41) is 10.4. The van der Waals surface area contributed by atoms with Gasteiger partial charge in [-0.1, -0.05) is 25.5 Å². The summed E-state index contributed by atoms with van der Waals surface area (Å²) in [4.78, 5) is 43.9. The number of nitrogens with zero attached hydrogens (tertiary/aromatic N) is 3. The Bertz CT molecular complexity index is 954. The number of rotatable bonds is 12. The van der Waals surface area contributed by atoms with Crippen molar-refractivity contribution in [3.63, 3.8) is 0 Å². The Balaban J connectivity index is 1.57. The molecule has 9 heteroatoms. The summed E-state index contributed by atoms with van der Waals surface area (Å²) in [6.45, 7) is 6.18. The van der Waals surface area contributed by atoms with Gasteiger partial charge in [-0.2, -0.15) is 0 Å². The highest BCUT2D eigenvalue weighted by Crippen LogP contribution is 2.41. The van der Waals surface area contributed by atoms with Gasteiger partial charge in [-0.15, -0.1) is 0 Å². The topological polar surface area (TPSA) is 116 Å². The molecule has 0 aliphatic carbocycles. The first-order valence-corrected chi connectivity index (χ1v) is 13.4. The minimum absolute atomic E-state index is 0.0108. The highest BCUT2D eigenvalue weighted by Gasteiger charge is 2.47. The third kappa shape index (κ3) is 5.83. The largest absolute Gasteiger partial charge is 0.493 e. The van der Waals surface area contributed by atoms with Crippen molar-refractivity contribution in [1.29, 1.82) is 0 Å². The van der Waals surface area contributed by atoms with E-state index in [2.05, 4.69) is 13.0 Å². The van der Waals surface area contributed by atoms with E-state index < -0.39 is 11.9 Å². The summed E-state index contributed by atoms with van der Waals surface area (Å²) in [6.07, 6.45) is 4.65. The lowest BCUT2D eigenvalue weighted by Crippen LogP contribution is -2.46. The molecule has 3 heterocycles. The molecule has 3 aliphatic rings. The number of likely N-dealkylation sites (tertiary alicyclic amines) is 2. The number of benzene rings is 1. The van der Waals surface area contributed by atoms with Crippen LogP contribution in [-0.2, 0) is 20.8 Å². The number of nitrogens with two attached hydrogens (primary N) is 1. The number of carboxylic acid groups (broad SMARTS) is 1. The molecule has 0 aromatic heterocycles. The maximum atomic E-state index is 13.3. The molecule has 2 amide bonds. The summed E-state index contributed by atoms with van der Waals surface area (Å²) >= 11 is 0. The molecule has 198 valence electrons. The van der Waals surface area contributed by atoms with Crippen molar-refractivity contribution >= 4 is 17.8 Å². The van der Waals surface area contributed by atoms with Crippen LogP contribution in [0.1, 0.15) is 56.1 Å². The predicted molar refractivity (Wildman–Crippen MR) is 136 cm³/mol. The third-order valence-electron chi connectivity index (χ3n) is 7.91. The lowest BCUT2D eigenvalue weighted by atomic mass is 9.83. The van der Waals surface area contributed by atoms with Crippen molar-refractivity contribution in [3.05, 3.63) is 29.3 Å². The fraction of sp³-hybridized carbons (Fsp3) is 0.667. The molecular formula is C27H40N4O5. The molecule has 3 unspecified atom stereocenters. The number of carboxylic acids is 1. The van der Waals surface area contributed by atoms with Gasteiger partial charge in [-0.25, -0.2) is 0 Å². The van der Waals surface area contributed by atoms with E-state index in [-0.39, 0.29) is 30.3 Å². The van der Waals surface area contributed by atoms with E-state index >= 15 is 0 Å². The van der Waals surface area contributed by atoms with E-state index in [0.29, 0.717) is 52.2 Å². The van der Waals surface area contributed by atoms with E-state index in [4.69, 9.17) is 10.5 Å². The van der Waals surface area contributed by atoms with Gasteiger partial charge in [0.1, 0.15) is 5.75 Å². The Morgan fingerprint density at radius 1 is 1.25 bits per heavy atom. The van der Waals surface area contributed by atoms with Crippen LogP contribution in [0.5, 0.6) is 5.75 Å². The first-order chi connectivity index (χ1) is 17.4. The molecule has 3 aliphatic heterocycles. The fourth-order valence-corrected chi connectivity index (χ4v) is 6.00. The van der Waals surface area contributed by atoms with Crippen LogP contribution in [0.4, 0.5) is 0 Å². The van der Waals surface area contributed by atoms with Crippen LogP contribution in [0.3, 0.4) is 0 Å². The van der Waals surface area contributed by atoms with Gasteiger partial charge in [0.2, 0.25) is 11.8 Å². The highest BCUT2D eigenvalue weighted by atomic mass is 16.5. The molecule has 0 radical (unpaired) electrons. The number of hydrogen-bond acceptors (Lipinski definition) is 6. The molecule has 3 atom stereocenters. The van der Waals surface area contributed by atoms with Crippen LogP contribution in [-0.4, -0.2) is 96.1 Å². The number of amides is 2. The molecule has 0 spiro atoms. The van der Waals surface area contributed by atoms with E-state index in [1.165, 1.54) is 0 Å². The monoisotopic (exact) mass is 500 g/mol. The molecule has 2 saturated heterocycles. The summed E-state index contributed by atoms with van der Waals surface area (Å²) in [6, 6.07) is 5.66. The van der Waals surface area contributed by atoms with Crippen molar-refractivity contribution in [3.8, 4) is 5.75 Å². The minimum Gasteiger partial charge on any atom is -0.493 e. The number of aliphatic carboxylic acids is 1. The molecule has 4 rings (SSSR count). The second-order valence-electron chi connectivity index (χ2n) is 10.2. The Kier molecular flexibility index (Phi) is 8.85. The lowest BCUT2D eigenvalue weighted by Gasteiger charge is -2.30. The summed E-state index contributed by atoms with van der Waals surface area (Å²) in [5.74, 6) is -0.759. The van der Waals surface area contributed by atoms with Crippen LogP contribution in [0.25, 0.3) is 0 Å². The molecule has 9 nitrogen and oxygen atoms in total. The maximum Gasteiger partial charge on any atom is 0.308 e. The second-order valence-corrected chi connectivity index (χ2v) is 10.2. The van der Waals surface area contributed by atoms with Crippen molar-refractivity contribution < 1.29 is 24.2 Å². The van der Waals surface area contributed by atoms with Crippen LogP contribution >= 0.6 is 0 Å². The SMILES string of the molecule is CCCCN(CCN)C(=O)CN1CC(c2ccc3c(c2)CCO3)C(C(=O)O)C1CCN1CCCC1=O.